The lowest BCUT2D eigenvalue weighted by molar-refractivity contribution is -0.116. The summed E-state index contributed by atoms with van der Waals surface area (Å²) in [5, 5.41) is 2.80. The maximum absolute atomic E-state index is 12.9. The SMILES string of the molecule is COc1ccc(OC)c(N2CCN(CC(=O)Nc3ccc4c(c3)OCCO4)C2=O)c1. The molecular formula is C21H23N3O6. The Morgan fingerprint density at radius 2 is 1.83 bits per heavy atom. The Morgan fingerprint density at radius 1 is 1.03 bits per heavy atom. The van der Waals surface area contributed by atoms with Crippen LogP contribution in [0.25, 0.3) is 0 Å². The maximum atomic E-state index is 12.9. The van der Waals surface area contributed by atoms with Crippen molar-refractivity contribution in [2.75, 3.05) is 57.3 Å². The first-order valence-electron chi connectivity index (χ1n) is 9.57. The first kappa shape index (κ1) is 19.7. The van der Waals surface area contributed by atoms with Crippen molar-refractivity contribution in [3.63, 3.8) is 0 Å². The molecule has 2 aromatic carbocycles. The van der Waals surface area contributed by atoms with Crippen molar-refractivity contribution in [2.45, 2.75) is 0 Å². The number of rotatable bonds is 6. The Labute approximate surface area is 174 Å². The summed E-state index contributed by atoms with van der Waals surface area (Å²) >= 11 is 0. The Morgan fingerprint density at radius 3 is 2.60 bits per heavy atom. The lowest BCUT2D eigenvalue weighted by Gasteiger charge is -2.21. The Hall–Kier alpha value is -3.62. The van der Waals surface area contributed by atoms with Gasteiger partial charge in [-0.25, -0.2) is 4.79 Å². The van der Waals surface area contributed by atoms with Crippen molar-refractivity contribution in [2.24, 2.45) is 0 Å². The predicted molar refractivity (Wildman–Crippen MR) is 110 cm³/mol. The monoisotopic (exact) mass is 413 g/mol. The van der Waals surface area contributed by atoms with E-state index < -0.39 is 0 Å². The molecule has 2 aliphatic heterocycles. The van der Waals surface area contributed by atoms with Crippen molar-refractivity contribution >= 4 is 23.3 Å². The molecule has 1 N–H and O–H groups in total. The van der Waals surface area contributed by atoms with Gasteiger partial charge >= 0.3 is 6.03 Å². The summed E-state index contributed by atoms with van der Waals surface area (Å²) in [7, 11) is 3.11. The van der Waals surface area contributed by atoms with Gasteiger partial charge in [-0.05, 0) is 24.3 Å². The molecule has 158 valence electrons. The van der Waals surface area contributed by atoms with Gasteiger partial charge < -0.3 is 29.2 Å². The lowest BCUT2D eigenvalue weighted by Crippen LogP contribution is -2.37. The van der Waals surface area contributed by atoms with Crippen LogP contribution in [0.1, 0.15) is 0 Å². The fraction of sp³-hybridized carbons (Fsp3) is 0.333. The highest BCUT2D eigenvalue weighted by atomic mass is 16.6. The molecule has 0 bridgehead atoms. The zero-order chi connectivity index (χ0) is 21.1. The van der Waals surface area contributed by atoms with Crippen LogP contribution in [-0.2, 0) is 4.79 Å². The van der Waals surface area contributed by atoms with Gasteiger partial charge in [-0.15, -0.1) is 0 Å². The number of anilines is 2. The molecular weight excluding hydrogens is 390 g/mol. The highest BCUT2D eigenvalue weighted by Gasteiger charge is 2.32. The zero-order valence-electron chi connectivity index (χ0n) is 16.8. The predicted octanol–water partition coefficient (Wildman–Crippen LogP) is 2.36. The van der Waals surface area contributed by atoms with E-state index in [1.54, 1.807) is 55.5 Å². The van der Waals surface area contributed by atoms with Gasteiger partial charge in [0, 0.05) is 30.9 Å². The van der Waals surface area contributed by atoms with Gasteiger partial charge in [0.2, 0.25) is 5.91 Å². The third-order valence-corrected chi connectivity index (χ3v) is 4.93. The van der Waals surface area contributed by atoms with Crippen LogP contribution in [0, 0.1) is 0 Å². The van der Waals surface area contributed by atoms with Crippen LogP contribution < -0.4 is 29.2 Å². The van der Waals surface area contributed by atoms with Crippen LogP contribution in [0.4, 0.5) is 16.2 Å². The average molecular weight is 413 g/mol. The Kier molecular flexibility index (Phi) is 5.51. The second-order valence-corrected chi connectivity index (χ2v) is 6.80. The number of amides is 3. The number of nitrogens with zero attached hydrogens (tertiary/aromatic N) is 2. The second-order valence-electron chi connectivity index (χ2n) is 6.80. The number of urea groups is 1. The first-order chi connectivity index (χ1) is 14.6. The summed E-state index contributed by atoms with van der Waals surface area (Å²) < 4.78 is 21.6. The topological polar surface area (TPSA) is 89.6 Å². The molecule has 0 aromatic heterocycles. The number of nitrogens with one attached hydrogen (secondary N) is 1. The summed E-state index contributed by atoms with van der Waals surface area (Å²) in [5.74, 6) is 2.13. The van der Waals surface area contributed by atoms with E-state index in [1.807, 2.05) is 0 Å². The van der Waals surface area contributed by atoms with Gasteiger partial charge in [-0.3, -0.25) is 9.69 Å². The zero-order valence-corrected chi connectivity index (χ0v) is 16.8. The van der Waals surface area contributed by atoms with Crippen LogP contribution in [0.3, 0.4) is 0 Å². The van der Waals surface area contributed by atoms with Crippen LogP contribution in [0.5, 0.6) is 23.0 Å². The van der Waals surface area contributed by atoms with Crippen molar-refractivity contribution in [3.05, 3.63) is 36.4 Å². The summed E-state index contributed by atoms with van der Waals surface area (Å²) in [4.78, 5) is 28.5. The van der Waals surface area contributed by atoms with E-state index in [0.29, 0.717) is 60.7 Å². The van der Waals surface area contributed by atoms with E-state index in [0.717, 1.165) is 0 Å². The Bertz CT molecular complexity index is 964. The molecule has 1 saturated heterocycles. The van der Waals surface area contributed by atoms with Crippen LogP contribution in [0.2, 0.25) is 0 Å². The molecule has 2 aromatic rings. The van der Waals surface area contributed by atoms with E-state index in [1.165, 1.54) is 4.90 Å². The van der Waals surface area contributed by atoms with Crippen LogP contribution in [0.15, 0.2) is 36.4 Å². The highest BCUT2D eigenvalue weighted by Crippen LogP contribution is 2.35. The Balaban J connectivity index is 1.41. The fourth-order valence-electron chi connectivity index (χ4n) is 3.46. The van der Waals surface area contributed by atoms with E-state index in [2.05, 4.69) is 5.32 Å². The quantitative estimate of drug-likeness (QED) is 0.782. The third kappa shape index (κ3) is 3.91. The minimum absolute atomic E-state index is 0.0595. The highest BCUT2D eigenvalue weighted by molar-refractivity contribution is 6.00. The molecule has 0 aliphatic carbocycles. The number of methoxy groups -OCH3 is 2. The first-order valence-corrected chi connectivity index (χ1v) is 9.57. The number of hydrogen-bond acceptors (Lipinski definition) is 6. The van der Waals surface area contributed by atoms with Gasteiger partial charge in [-0.2, -0.15) is 0 Å². The molecule has 2 aliphatic rings. The van der Waals surface area contributed by atoms with Gasteiger partial charge in [0.15, 0.2) is 11.5 Å². The summed E-state index contributed by atoms with van der Waals surface area (Å²) in [6.45, 7) is 1.78. The molecule has 4 rings (SSSR count). The van der Waals surface area contributed by atoms with E-state index in [9.17, 15) is 9.59 Å². The third-order valence-electron chi connectivity index (χ3n) is 4.93. The van der Waals surface area contributed by atoms with Gasteiger partial charge in [-0.1, -0.05) is 0 Å². The normalized spacial score (nSPS) is 15.2. The summed E-state index contributed by atoms with van der Waals surface area (Å²) in [5.41, 5.74) is 1.19. The van der Waals surface area contributed by atoms with Crippen molar-refractivity contribution in [3.8, 4) is 23.0 Å². The van der Waals surface area contributed by atoms with Crippen LogP contribution in [-0.4, -0.2) is 63.9 Å². The van der Waals surface area contributed by atoms with Crippen molar-refractivity contribution in [1.82, 2.24) is 4.90 Å². The lowest BCUT2D eigenvalue weighted by atomic mass is 10.2. The largest absolute Gasteiger partial charge is 0.497 e. The van der Waals surface area contributed by atoms with Crippen molar-refractivity contribution < 1.29 is 28.5 Å². The second kappa shape index (κ2) is 8.40. The smallest absolute Gasteiger partial charge is 0.325 e. The number of benzene rings is 2. The number of carbonyl (C=O) groups is 2. The molecule has 9 nitrogen and oxygen atoms in total. The molecule has 3 amide bonds. The van der Waals surface area contributed by atoms with Gasteiger partial charge in [0.05, 0.1) is 19.9 Å². The van der Waals surface area contributed by atoms with E-state index >= 15 is 0 Å². The molecule has 0 spiro atoms. The summed E-state index contributed by atoms with van der Waals surface area (Å²) in [6, 6.07) is 10.2. The number of carbonyl (C=O) groups excluding carboxylic acids is 2. The molecule has 30 heavy (non-hydrogen) atoms. The maximum Gasteiger partial charge on any atom is 0.325 e. The van der Waals surface area contributed by atoms with Crippen molar-refractivity contribution in [1.29, 1.82) is 0 Å². The average Bonchev–Trinajstić information content (AvgIpc) is 3.12. The number of ether oxygens (including phenoxy) is 4. The molecule has 0 unspecified atom stereocenters. The minimum Gasteiger partial charge on any atom is -0.497 e. The van der Waals surface area contributed by atoms with E-state index in [-0.39, 0.29) is 18.5 Å². The minimum atomic E-state index is -0.292. The fourth-order valence-corrected chi connectivity index (χ4v) is 3.46. The van der Waals surface area contributed by atoms with Gasteiger partial charge in [0.1, 0.15) is 31.3 Å². The molecule has 1 fully saturated rings. The number of hydrogen-bond donors (Lipinski definition) is 1. The molecule has 0 atom stereocenters. The number of fused-ring (bicyclic) bond motifs is 1. The standard InChI is InChI=1S/C21H23N3O6/c1-27-15-4-6-17(28-2)16(12-15)24-8-7-23(21(24)26)13-20(25)22-14-3-5-18-19(11-14)30-10-9-29-18/h3-6,11-12H,7-10,13H2,1-2H3,(H,22,25). The summed E-state index contributed by atoms with van der Waals surface area (Å²) in [6.07, 6.45) is 0. The van der Waals surface area contributed by atoms with Gasteiger partial charge in [0.25, 0.3) is 0 Å². The molecule has 9 heteroatoms. The van der Waals surface area contributed by atoms with E-state index in [4.69, 9.17) is 18.9 Å². The van der Waals surface area contributed by atoms with Crippen LogP contribution >= 0.6 is 0 Å². The molecule has 0 saturated carbocycles. The molecule has 0 radical (unpaired) electrons. The molecule has 2 heterocycles.